The quantitative estimate of drug-likeness (QED) is 0.234. The molecule has 0 aliphatic heterocycles. The maximum absolute atomic E-state index is 12.5. The van der Waals surface area contributed by atoms with Crippen LogP contribution in [0.2, 0.25) is 0 Å². The summed E-state index contributed by atoms with van der Waals surface area (Å²) in [6, 6.07) is 24.8. The lowest BCUT2D eigenvalue weighted by Crippen LogP contribution is -2.17. The van der Waals surface area contributed by atoms with E-state index < -0.39 is 0 Å². The normalized spacial score (nSPS) is 10.9. The number of ether oxygens (including phenoxy) is 4. The predicted molar refractivity (Wildman–Crippen MR) is 140 cm³/mol. The fraction of sp³-hybridized carbons (Fsp3) is 0.172. The Hall–Kier alpha value is -4.52. The molecule has 0 bridgehead atoms. The number of nitrogens with zero attached hydrogens (tertiary/aromatic N) is 1. The van der Waals surface area contributed by atoms with Gasteiger partial charge in [-0.25, -0.2) is 5.43 Å². The van der Waals surface area contributed by atoms with Gasteiger partial charge in [-0.05, 0) is 65.2 Å². The average molecular weight is 485 g/mol. The van der Waals surface area contributed by atoms with Crippen LogP contribution in [-0.2, 0) is 6.61 Å². The van der Waals surface area contributed by atoms with Crippen LogP contribution in [-0.4, -0.2) is 32.9 Å². The second-order valence-electron chi connectivity index (χ2n) is 7.84. The van der Waals surface area contributed by atoms with Gasteiger partial charge in [0.15, 0.2) is 23.0 Å². The maximum atomic E-state index is 12.5. The van der Waals surface area contributed by atoms with Crippen molar-refractivity contribution in [3.8, 4) is 23.0 Å². The molecule has 0 aliphatic rings. The van der Waals surface area contributed by atoms with Crippen molar-refractivity contribution in [2.24, 2.45) is 5.10 Å². The largest absolute Gasteiger partial charge is 0.493 e. The lowest BCUT2D eigenvalue weighted by Gasteiger charge is -2.13. The molecule has 7 nitrogen and oxygen atoms in total. The molecule has 1 N–H and O–H groups in total. The van der Waals surface area contributed by atoms with Crippen LogP contribution in [0.3, 0.4) is 0 Å². The molecule has 0 atom stereocenters. The Labute approximate surface area is 210 Å². The summed E-state index contributed by atoms with van der Waals surface area (Å²) in [7, 11) is 3.14. The van der Waals surface area contributed by atoms with E-state index in [1.54, 1.807) is 44.7 Å². The van der Waals surface area contributed by atoms with Gasteiger partial charge in [0.1, 0.15) is 6.61 Å². The van der Waals surface area contributed by atoms with Gasteiger partial charge < -0.3 is 18.9 Å². The first-order chi connectivity index (χ1) is 17.6. The van der Waals surface area contributed by atoms with Crippen LogP contribution < -0.4 is 24.4 Å². The highest BCUT2D eigenvalue weighted by Gasteiger charge is 2.11. The number of hydrogen-bond acceptors (Lipinski definition) is 6. The Balaban J connectivity index is 1.41. The van der Waals surface area contributed by atoms with Gasteiger partial charge in [0.2, 0.25) is 0 Å². The molecule has 0 radical (unpaired) electrons. The number of nitrogens with one attached hydrogen (secondary N) is 1. The summed E-state index contributed by atoms with van der Waals surface area (Å²) in [4.78, 5) is 12.5. The standard InChI is InChI=1S/C29H28N2O5/c1-4-35-28-17-22(13-15-25(28)33-2)29(32)31-30-18-20-12-14-26(27(16-20)34-3)36-19-23-10-7-9-21-8-5-6-11-24(21)23/h5-18H,4,19H2,1-3H3,(H,31,32)/b30-18+. The molecular weight excluding hydrogens is 456 g/mol. The Kier molecular flexibility index (Phi) is 8.03. The van der Waals surface area contributed by atoms with Crippen molar-refractivity contribution in [2.75, 3.05) is 20.8 Å². The van der Waals surface area contributed by atoms with E-state index >= 15 is 0 Å². The number of amides is 1. The molecule has 0 heterocycles. The number of hydrazone groups is 1. The minimum atomic E-state index is -0.364. The van der Waals surface area contributed by atoms with Gasteiger partial charge in [0.05, 0.1) is 27.0 Å². The van der Waals surface area contributed by atoms with Crippen molar-refractivity contribution in [3.05, 3.63) is 95.6 Å². The number of hydrogen-bond donors (Lipinski definition) is 1. The third-order valence-electron chi connectivity index (χ3n) is 5.56. The summed E-state index contributed by atoms with van der Waals surface area (Å²) < 4.78 is 22.4. The van der Waals surface area contributed by atoms with Crippen molar-refractivity contribution in [2.45, 2.75) is 13.5 Å². The zero-order valence-corrected chi connectivity index (χ0v) is 20.5. The number of rotatable bonds is 10. The van der Waals surface area contributed by atoms with Gasteiger partial charge >= 0.3 is 0 Å². The highest BCUT2D eigenvalue weighted by molar-refractivity contribution is 5.95. The van der Waals surface area contributed by atoms with Crippen molar-refractivity contribution >= 4 is 22.9 Å². The monoisotopic (exact) mass is 484 g/mol. The van der Waals surface area contributed by atoms with Gasteiger partial charge in [0, 0.05) is 5.56 Å². The van der Waals surface area contributed by atoms with E-state index in [0.29, 0.717) is 41.8 Å². The lowest BCUT2D eigenvalue weighted by molar-refractivity contribution is 0.0954. The Morgan fingerprint density at radius 2 is 1.61 bits per heavy atom. The van der Waals surface area contributed by atoms with Gasteiger partial charge in [-0.1, -0.05) is 42.5 Å². The topological polar surface area (TPSA) is 78.4 Å². The van der Waals surface area contributed by atoms with Crippen molar-refractivity contribution in [3.63, 3.8) is 0 Å². The molecule has 0 saturated carbocycles. The second-order valence-corrected chi connectivity index (χ2v) is 7.84. The smallest absolute Gasteiger partial charge is 0.271 e. The van der Waals surface area contributed by atoms with Crippen LogP contribution in [0.15, 0.2) is 84.0 Å². The third kappa shape index (κ3) is 5.75. The summed E-state index contributed by atoms with van der Waals surface area (Å²) in [5.74, 6) is 1.89. The van der Waals surface area contributed by atoms with Gasteiger partial charge in [-0.3, -0.25) is 4.79 Å². The Bertz CT molecular complexity index is 1380. The minimum absolute atomic E-state index is 0.364. The molecule has 0 spiro atoms. The zero-order chi connectivity index (χ0) is 25.3. The van der Waals surface area contributed by atoms with Crippen LogP contribution >= 0.6 is 0 Å². The first-order valence-electron chi connectivity index (χ1n) is 11.5. The first kappa shape index (κ1) is 24.6. The number of fused-ring (bicyclic) bond motifs is 1. The predicted octanol–water partition coefficient (Wildman–Crippen LogP) is 5.60. The minimum Gasteiger partial charge on any atom is -0.493 e. The summed E-state index contributed by atoms with van der Waals surface area (Å²) in [5, 5.41) is 6.40. The molecule has 36 heavy (non-hydrogen) atoms. The average Bonchev–Trinajstić information content (AvgIpc) is 2.92. The number of methoxy groups -OCH3 is 2. The van der Waals surface area contributed by atoms with Gasteiger partial charge in [0.25, 0.3) is 5.91 Å². The molecule has 0 unspecified atom stereocenters. The van der Waals surface area contributed by atoms with Crippen molar-refractivity contribution < 1.29 is 23.7 Å². The van der Waals surface area contributed by atoms with Crippen LogP contribution in [0.4, 0.5) is 0 Å². The Morgan fingerprint density at radius 3 is 2.42 bits per heavy atom. The van der Waals surface area contributed by atoms with E-state index in [9.17, 15) is 4.79 Å². The molecule has 4 rings (SSSR count). The molecule has 4 aromatic carbocycles. The van der Waals surface area contributed by atoms with Crippen molar-refractivity contribution in [1.29, 1.82) is 0 Å². The number of carbonyl (C=O) groups is 1. The van der Waals surface area contributed by atoms with E-state index in [-0.39, 0.29) is 5.91 Å². The number of benzene rings is 4. The second kappa shape index (κ2) is 11.8. The van der Waals surface area contributed by atoms with E-state index in [2.05, 4.69) is 34.8 Å². The van der Waals surface area contributed by atoms with E-state index in [1.165, 1.54) is 5.39 Å². The van der Waals surface area contributed by atoms with E-state index in [4.69, 9.17) is 18.9 Å². The molecule has 4 aromatic rings. The summed E-state index contributed by atoms with van der Waals surface area (Å²) in [6.45, 7) is 2.74. The van der Waals surface area contributed by atoms with Gasteiger partial charge in [-0.2, -0.15) is 5.10 Å². The van der Waals surface area contributed by atoms with Crippen LogP contribution in [0.1, 0.15) is 28.4 Å². The molecule has 0 aliphatic carbocycles. The van der Waals surface area contributed by atoms with Crippen LogP contribution in [0.5, 0.6) is 23.0 Å². The maximum Gasteiger partial charge on any atom is 0.271 e. The highest BCUT2D eigenvalue weighted by Crippen LogP contribution is 2.30. The van der Waals surface area contributed by atoms with E-state index in [0.717, 1.165) is 16.5 Å². The SMILES string of the molecule is CCOc1cc(C(=O)N/N=C/c2ccc(OCc3cccc4ccccc34)c(OC)c2)ccc1OC. The summed E-state index contributed by atoms with van der Waals surface area (Å²) >= 11 is 0. The fourth-order valence-electron chi connectivity index (χ4n) is 3.77. The van der Waals surface area contributed by atoms with Gasteiger partial charge in [-0.15, -0.1) is 0 Å². The first-order valence-corrected chi connectivity index (χ1v) is 11.5. The molecular formula is C29H28N2O5. The molecule has 7 heteroatoms. The highest BCUT2D eigenvalue weighted by atomic mass is 16.5. The molecule has 0 fully saturated rings. The molecule has 0 saturated heterocycles. The third-order valence-corrected chi connectivity index (χ3v) is 5.56. The molecule has 184 valence electrons. The van der Waals surface area contributed by atoms with Crippen LogP contribution in [0.25, 0.3) is 10.8 Å². The lowest BCUT2D eigenvalue weighted by atomic mass is 10.1. The Morgan fingerprint density at radius 1 is 0.833 bits per heavy atom. The summed E-state index contributed by atoms with van der Waals surface area (Å²) in [5.41, 5.74) is 4.78. The van der Waals surface area contributed by atoms with E-state index in [1.807, 2.05) is 37.3 Å². The summed E-state index contributed by atoms with van der Waals surface area (Å²) in [6.07, 6.45) is 1.54. The molecule has 1 amide bonds. The van der Waals surface area contributed by atoms with Crippen LogP contribution in [0, 0.1) is 0 Å². The molecule has 0 aromatic heterocycles. The zero-order valence-electron chi connectivity index (χ0n) is 20.5. The number of carbonyl (C=O) groups excluding carboxylic acids is 1. The van der Waals surface area contributed by atoms with Crippen molar-refractivity contribution in [1.82, 2.24) is 5.43 Å². The fourth-order valence-corrected chi connectivity index (χ4v) is 3.77.